The number of carbonyl (C=O) groups excluding carboxylic acids is 1. The molecule has 0 saturated heterocycles. The van der Waals surface area contributed by atoms with E-state index in [0.29, 0.717) is 16.6 Å². The summed E-state index contributed by atoms with van der Waals surface area (Å²) >= 11 is 1.36. The van der Waals surface area contributed by atoms with Crippen LogP contribution in [-0.2, 0) is 0 Å². The van der Waals surface area contributed by atoms with E-state index in [9.17, 15) is 4.79 Å². The highest BCUT2D eigenvalue weighted by Crippen LogP contribution is 2.26. The van der Waals surface area contributed by atoms with Gasteiger partial charge in [0.1, 0.15) is 11.5 Å². The summed E-state index contributed by atoms with van der Waals surface area (Å²) in [5.74, 6) is 1.46. The van der Waals surface area contributed by atoms with Crippen molar-refractivity contribution in [3.8, 4) is 22.8 Å². The number of benzene rings is 2. The van der Waals surface area contributed by atoms with Crippen molar-refractivity contribution in [2.75, 3.05) is 24.9 Å². The Bertz CT molecular complexity index is 862. The van der Waals surface area contributed by atoms with Crippen LogP contribution in [0.3, 0.4) is 0 Å². The number of ether oxygens (including phenoxy) is 2. The normalized spacial score (nSPS) is 10.2. The lowest BCUT2D eigenvalue weighted by Crippen LogP contribution is -2.19. The van der Waals surface area contributed by atoms with Gasteiger partial charge in [0.15, 0.2) is 5.13 Å². The van der Waals surface area contributed by atoms with Crippen molar-refractivity contribution in [3.05, 3.63) is 53.9 Å². The Labute approximate surface area is 149 Å². The van der Waals surface area contributed by atoms with Gasteiger partial charge in [-0.25, -0.2) is 9.78 Å². The van der Waals surface area contributed by atoms with Crippen LogP contribution in [0.25, 0.3) is 11.3 Å². The quantitative estimate of drug-likeness (QED) is 0.708. The minimum absolute atomic E-state index is 0.358. The van der Waals surface area contributed by atoms with Gasteiger partial charge in [-0.3, -0.25) is 5.32 Å². The van der Waals surface area contributed by atoms with Gasteiger partial charge in [-0.1, -0.05) is 6.07 Å². The molecule has 3 aromatic rings. The van der Waals surface area contributed by atoms with Crippen molar-refractivity contribution < 1.29 is 14.3 Å². The molecule has 128 valence electrons. The molecule has 6 nitrogen and oxygen atoms in total. The lowest BCUT2D eigenvalue weighted by molar-refractivity contribution is 0.262. The maximum absolute atomic E-state index is 12.1. The molecular formula is C18H17N3O3S. The number of amides is 2. The Hall–Kier alpha value is -3.06. The van der Waals surface area contributed by atoms with E-state index in [1.165, 1.54) is 11.3 Å². The Balaban J connectivity index is 1.64. The van der Waals surface area contributed by atoms with Crippen LogP contribution < -0.4 is 20.1 Å². The predicted octanol–water partition coefficient (Wildman–Crippen LogP) is 4.47. The van der Waals surface area contributed by atoms with Gasteiger partial charge in [-0.05, 0) is 36.4 Å². The summed E-state index contributed by atoms with van der Waals surface area (Å²) < 4.78 is 10.3. The number of hydrogen-bond acceptors (Lipinski definition) is 5. The molecule has 25 heavy (non-hydrogen) atoms. The fourth-order valence-electron chi connectivity index (χ4n) is 2.19. The van der Waals surface area contributed by atoms with Crippen LogP contribution in [0.1, 0.15) is 0 Å². The first-order valence-corrected chi connectivity index (χ1v) is 8.38. The number of urea groups is 1. The number of methoxy groups -OCH3 is 2. The molecule has 2 aromatic carbocycles. The third kappa shape index (κ3) is 4.27. The van der Waals surface area contributed by atoms with E-state index in [1.54, 1.807) is 32.4 Å². The van der Waals surface area contributed by atoms with Crippen molar-refractivity contribution in [2.45, 2.75) is 0 Å². The fraction of sp³-hybridized carbons (Fsp3) is 0.111. The summed E-state index contributed by atoms with van der Waals surface area (Å²) in [5.41, 5.74) is 2.39. The van der Waals surface area contributed by atoms with Gasteiger partial charge in [0.05, 0.1) is 19.9 Å². The number of nitrogens with one attached hydrogen (secondary N) is 2. The van der Waals surface area contributed by atoms with Crippen LogP contribution in [0, 0.1) is 0 Å². The maximum atomic E-state index is 12.1. The van der Waals surface area contributed by atoms with Crippen molar-refractivity contribution >= 4 is 28.2 Å². The van der Waals surface area contributed by atoms with E-state index in [-0.39, 0.29) is 6.03 Å². The topological polar surface area (TPSA) is 72.5 Å². The average Bonchev–Trinajstić information content (AvgIpc) is 3.10. The molecule has 1 heterocycles. The fourth-order valence-corrected chi connectivity index (χ4v) is 2.90. The molecule has 0 atom stereocenters. The number of thiazole rings is 1. The summed E-state index contributed by atoms with van der Waals surface area (Å²) in [7, 11) is 3.20. The van der Waals surface area contributed by atoms with Gasteiger partial charge in [0, 0.05) is 22.7 Å². The van der Waals surface area contributed by atoms with Gasteiger partial charge in [-0.15, -0.1) is 11.3 Å². The van der Waals surface area contributed by atoms with Gasteiger partial charge < -0.3 is 14.8 Å². The van der Waals surface area contributed by atoms with E-state index in [0.717, 1.165) is 17.0 Å². The lowest BCUT2D eigenvalue weighted by Gasteiger charge is -2.07. The van der Waals surface area contributed by atoms with E-state index in [2.05, 4.69) is 15.6 Å². The maximum Gasteiger partial charge on any atom is 0.325 e. The minimum Gasteiger partial charge on any atom is -0.497 e. The van der Waals surface area contributed by atoms with Crippen LogP contribution >= 0.6 is 11.3 Å². The van der Waals surface area contributed by atoms with Crippen molar-refractivity contribution in [1.82, 2.24) is 4.98 Å². The second-order valence-corrected chi connectivity index (χ2v) is 5.94. The van der Waals surface area contributed by atoms with E-state index in [1.807, 2.05) is 35.7 Å². The number of rotatable bonds is 5. The summed E-state index contributed by atoms with van der Waals surface area (Å²) in [6.45, 7) is 0. The highest BCUT2D eigenvalue weighted by Gasteiger charge is 2.09. The van der Waals surface area contributed by atoms with Crippen molar-refractivity contribution in [1.29, 1.82) is 0 Å². The highest BCUT2D eigenvalue weighted by molar-refractivity contribution is 7.14. The van der Waals surface area contributed by atoms with Gasteiger partial charge in [0.25, 0.3) is 0 Å². The van der Waals surface area contributed by atoms with E-state index >= 15 is 0 Å². The van der Waals surface area contributed by atoms with Crippen LogP contribution in [0.15, 0.2) is 53.9 Å². The molecule has 7 heteroatoms. The molecule has 1 aromatic heterocycles. The van der Waals surface area contributed by atoms with E-state index < -0.39 is 0 Å². The number of hydrogen-bond donors (Lipinski definition) is 2. The van der Waals surface area contributed by atoms with Crippen LogP contribution in [0.5, 0.6) is 11.5 Å². The molecular weight excluding hydrogens is 338 g/mol. The molecule has 0 spiro atoms. The third-order valence-corrected chi connectivity index (χ3v) is 4.20. The monoisotopic (exact) mass is 355 g/mol. The Morgan fingerprint density at radius 2 is 1.76 bits per heavy atom. The highest BCUT2D eigenvalue weighted by atomic mass is 32.1. The molecule has 2 N–H and O–H groups in total. The summed E-state index contributed by atoms with van der Waals surface area (Å²) in [4.78, 5) is 16.5. The molecule has 0 aliphatic rings. The first-order chi connectivity index (χ1) is 12.2. The average molecular weight is 355 g/mol. The largest absolute Gasteiger partial charge is 0.497 e. The molecule has 3 rings (SSSR count). The van der Waals surface area contributed by atoms with Crippen molar-refractivity contribution in [3.63, 3.8) is 0 Å². The Morgan fingerprint density at radius 1 is 1.00 bits per heavy atom. The third-order valence-electron chi connectivity index (χ3n) is 3.44. The summed E-state index contributed by atoms with van der Waals surface area (Å²) in [6, 6.07) is 14.4. The SMILES string of the molecule is COc1ccc(-c2csc(NC(=O)Nc3cccc(OC)c3)n2)cc1. The van der Waals surface area contributed by atoms with Gasteiger partial charge >= 0.3 is 6.03 Å². The number of aromatic nitrogens is 1. The molecule has 2 amide bonds. The van der Waals surface area contributed by atoms with Gasteiger partial charge in [-0.2, -0.15) is 0 Å². The number of anilines is 2. The second kappa shape index (κ2) is 7.67. The van der Waals surface area contributed by atoms with E-state index in [4.69, 9.17) is 9.47 Å². The first-order valence-electron chi connectivity index (χ1n) is 7.50. The second-order valence-electron chi connectivity index (χ2n) is 5.08. The molecule has 0 aliphatic heterocycles. The lowest BCUT2D eigenvalue weighted by atomic mass is 10.2. The molecule has 0 saturated carbocycles. The zero-order chi connectivity index (χ0) is 17.6. The zero-order valence-corrected chi connectivity index (χ0v) is 14.6. The standard InChI is InChI=1S/C18H17N3O3S/c1-23-14-8-6-12(7-9-14)16-11-25-18(20-16)21-17(22)19-13-4-3-5-15(10-13)24-2/h3-11H,1-2H3,(H2,19,20,21,22). The zero-order valence-electron chi connectivity index (χ0n) is 13.8. The molecule has 0 fully saturated rings. The molecule has 0 bridgehead atoms. The smallest absolute Gasteiger partial charge is 0.325 e. The minimum atomic E-state index is -0.358. The van der Waals surface area contributed by atoms with Crippen molar-refractivity contribution in [2.24, 2.45) is 0 Å². The first kappa shape index (κ1) is 16.8. The van der Waals surface area contributed by atoms with Gasteiger partial charge in [0.2, 0.25) is 0 Å². The molecule has 0 unspecified atom stereocenters. The molecule has 0 aliphatic carbocycles. The van der Waals surface area contributed by atoms with Crippen LogP contribution in [0.2, 0.25) is 0 Å². The Kier molecular flexibility index (Phi) is 5.15. The van der Waals surface area contributed by atoms with Crippen LogP contribution in [0.4, 0.5) is 15.6 Å². The predicted molar refractivity (Wildman–Crippen MR) is 99.7 cm³/mol. The summed E-state index contributed by atoms with van der Waals surface area (Å²) in [6.07, 6.45) is 0. The molecule has 0 radical (unpaired) electrons. The number of carbonyl (C=O) groups is 1. The number of nitrogens with zero attached hydrogens (tertiary/aromatic N) is 1. The summed E-state index contributed by atoms with van der Waals surface area (Å²) in [5, 5.41) is 7.89. The Morgan fingerprint density at radius 3 is 2.48 bits per heavy atom. The van der Waals surface area contributed by atoms with Crippen LogP contribution in [-0.4, -0.2) is 25.2 Å².